The van der Waals surface area contributed by atoms with E-state index in [9.17, 15) is 19.7 Å². The molecule has 156 valence electrons. The minimum atomic E-state index is -0.532. The first kappa shape index (κ1) is 20.1. The summed E-state index contributed by atoms with van der Waals surface area (Å²) in [5, 5.41) is 20.1. The molecular formula is C23H20N4O4. The molecule has 0 heterocycles. The lowest BCUT2D eigenvalue weighted by Crippen LogP contribution is -2.25. The van der Waals surface area contributed by atoms with Crippen LogP contribution in [0, 0.1) is 10.1 Å². The Morgan fingerprint density at radius 2 is 1.52 bits per heavy atom. The molecule has 1 fully saturated rings. The molecule has 3 N–H and O–H groups in total. The molecule has 31 heavy (non-hydrogen) atoms. The summed E-state index contributed by atoms with van der Waals surface area (Å²) in [5.74, 6) is -0.623. The maximum Gasteiger partial charge on any atom is 0.293 e. The molecular weight excluding hydrogens is 396 g/mol. The quantitative estimate of drug-likeness (QED) is 0.388. The average molecular weight is 416 g/mol. The Balaban J connectivity index is 1.47. The lowest BCUT2D eigenvalue weighted by molar-refractivity contribution is -0.383. The first-order valence-electron chi connectivity index (χ1n) is 9.82. The van der Waals surface area contributed by atoms with Crippen molar-refractivity contribution in [1.29, 1.82) is 0 Å². The molecule has 0 saturated heterocycles. The highest BCUT2D eigenvalue weighted by Crippen LogP contribution is 2.29. The number of para-hydroxylation sites is 1. The number of nitro groups is 1. The number of nitrogens with zero attached hydrogens (tertiary/aromatic N) is 1. The van der Waals surface area contributed by atoms with Crippen molar-refractivity contribution in [2.24, 2.45) is 0 Å². The van der Waals surface area contributed by atoms with Crippen LogP contribution in [0.5, 0.6) is 0 Å². The Hall–Kier alpha value is -4.20. The highest BCUT2D eigenvalue weighted by atomic mass is 16.6. The van der Waals surface area contributed by atoms with E-state index >= 15 is 0 Å². The molecule has 1 aliphatic rings. The van der Waals surface area contributed by atoms with Gasteiger partial charge in [-0.25, -0.2) is 0 Å². The molecule has 1 aliphatic carbocycles. The molecule has 1 saturated carbocycles. The predicted molar refractivity (Wildman–Crippen MR) is 118 cm³/mol. The van der Waals surface area contributed by atoms with Gasteiger partial charge in [-0.15, -0.1) is 0 Å². The lowest BCUT2D eigenvalue weighted by Gasteiger charge is -2.10. The highest BCUT2D eigenvalue weighted by molar-refractivity contribution is 6.05. The van der Waals surface area contributed by atoms with Gasteiger partial charge in [0.1, 0.15) is 5.69 Å². The molecule has 0 spiro atoms. The van der Waals surface area contributed by atoms with Crippen molar-refractivity contribution in [3.63, 3.8) is 0 Å². The zero-order valence-electron chi connectivity index (χ0n) is 16.5. The first-order chi connectivity index (χ1) is 15.0. The monoisotopic (exact) mass is 416 g/mol. The van der Waals surface area contributed by atoms with Crippen LogP contribution in [0.3, 0.4) is 0 Å². The minimum Gasteiger partial charge on any atom is -0.350 e. The topological polar surface area (TPSA) is 113 Å². The van der Waals surface area contributed by atoms with Crippen LogP contribution in [-0.4, -0.2) is 22.8 Å². The zero-order chi connectivity index (χ0) is 21.8. The smallest absolute Gasteiger partial charge is 0.293 e. The third kappa shape index (κ3) is 5.05. The van der Waals surface area contributed by atoms with Gasteiger partial charge < -0.3 is 16.0 Å². The molecule has 8 heteroatoms. The third-order valence-electron chi connectivity index (χ3n) is 4.83. The van der Waals surface area contributed by atoms with Gasteiger partial charge in [-0.2, -0.15) is 0 Å². The Kier molecular flexibility index (Phi) is 5.61. The van der Waals surface area contributed by atoms with Crippen LogP contribution in [0.4, 0.5) is 22.7 Å². The first-order valence-corrected chi connectivity index (χ1v) is 9.82. The fourth-order valence-corrected chi connectivity index (χ4v) is 3.01. The Morgan fingerprint density at radius 3 is 2.16 bits per heavy atom. The standard InChI is InChI=1S/C23H20N4O4/c28-22(25-19-11-12-19)15-6-9-18(10-7-15)26-23(29)16-8-13-20(21(14-16)27(30)31)24-17-4-2-1-3-5-17/h1-10,13-14,19,24H,11-12H2,(H,25,28)(H,26,29). The van der Waals surface area contributed by atoms with Gasteiger partial charge in [0.25, 0.3) is 17.5 Å². The van der Waals surface area contributed by atoms with Crippen LogP contribution in [-0.2, 0) is 0 Å². The number of carbonyl (C=O) groups is 2. The van der Waals surface area contributed by atoms with Gasteiger partial charge in [0, 0.05) is 34.6 Å². The van der Waals surface area contributed by atoms with Gasteiger partial charge in [0.2, 0.25) is 0 Å². The number of nitro benzene ring substituents is 1. The van der Waals surface area contributed by atoms with E-state index < -0.39 is 10.8 Å². The van der Waals surface area contributed by atoms with Crippen molar-refractivity contribution in [3.8, 4) is 0 Å². The number of anilines is 3. The largest absolute Gasteiger partial charge is 0.350 e. The van der Waals surface area contributed by atoms with E-state index in [1.54, 1.807) is 36.4 Å². The molecule has 0 aromatic heterocycles. The summed E-state index contributed by atoms with van der Waals surface area (Å²) >= 11 is 0. The number of amides is 2. The average Bonchev–Trinajstić information content (AvgIpc) is 3.59. The Morgan fingerprint density at radius 1 is 0.839 bits per heavy atom. The van der Waals surface area contributed by atoms with Crippen LogP contribution in [0.15, 0.2) is 72.8 Å². The van der Waals surface area contributed by atoms with Crippen molar-refractivity contribution < 1.29 is 14.5 Å². The molecule has 0 bridgehead atoms. The molecule has 8 nitrogen and oxygen atoms in total. The van der Waals surface area contributed by atoms with Crippen LogP contribution in [0.2, 0.25) is 0 Å². The predicted octanol–water partition coefficient (Wildman–Crippen LogP) is 4.48. The van der Waals surface area contributed by atoms with E-state index in [1.165, 1.54) is 18.2 Å². The number of nitrogens with one attached hydrogen (secondary N) is 3. The van der Waals surface area contributed by atoms with Crippen LogP contribution in [0.1, 0.15) is 33.6 Å². The number of rotatable bonds is 7. The SMILES string of the molecule is O=C(Nc1ccc(C(=O)NC2CC2)cc1)c1ccc(Nc2ccccc2)c([N+](=O)[O-])c1. The van der Waals surface area contributed by atoms with Gasteiger partial charge >= 0.3 is 0 Å². The summed E-state index contributed by atoms with van der Waals surface area (Å²) in [4.78, 5) is 35.6. The summed E-state index contributed by atoms with van der Waals surface area (Å²) in [6, 6.07) is 20.1. The summed E-state index contributed by atoms with van der Waals surface area (Å²) in [5.41, 5.74) is 1.94. The fourth-order valence-electron chi connectivity index (χ4n) is 3.01. The fraction of sp³-hybridized carbons (Fsp3) is 0.130. The second-order valence-corrected chi connectivity index (χ2v) is 7.26. The summed E-state index contributed by atoms with van der Waals surface area (Å²) in [6.45, 7) is 0. The van der Waals surface area contributed by atoms with Gasteiger partial charge in [-0.1, -0.05) is 18.2 Å². The third-order valence-corrected chi connectivity index (χ3v) is 4.83. The second-order valence-electron chi connectivity index (χ2n) is 7.26. The number of hydrogen-bond acceptors (Lipinski definition) is 5. The van der Waals surface area contributed by atoms with E-state index in [1.807, 2.05) is 18.2 Å². The normalized spacial score (nSPS) is 12.6. The number of carbonyl (C=O) groups excluding carboxylic acids is 2. The van der Waals surface area contributed by atoms with Crippen LogP contribution in [0.25, 0.3) is 0 Å². The summed E-state index contributed by atoms with van der Waals surface area (Å²) in [7, 11) is 0. The van der Waals surface area contributed by atoms with Crippen LogP contribution < -0.4 is 16.0 Å². The van der Waals surface area contributed by atoms with E-state index in [-0.39, 0.29) is 23.2 Å². The molecule has 0 atom stereocenters. The zero-order valence-corrected chi connectivity index (χ0v) is 16.5. The number of benzene rings is 3. The Bertz CT molecular complexity index is 1130. The van der Waals surface area contributed by atoms with E-state index in [0.29, 0.717) is 22.6 Å². The Labute approximate surface area is 178 Å². The minimum absolute atomic E-state index is 0.141. The molecule has 3 aromatic rings. The van der Waals surface area contributed by atoms with Crippen molar-refractivity contribution in [2.45, 2.75) is 18.9 Å². The van der Waals surface area contributed by atoms with Crippen molar-refractivity contribution in [3.05, 3.63) is 94.0 Å². The maximum atomic E-state index is 12.6. The van der Waals surface area contributed by atoms with Gasteiger partial charge in [-0.05, 0) is 61.4 Å². The van der Waals surface area contributed by atoms with Gasteiger partial charge in [0.05, 0.1) is 4.92 Å². The molecule has 2 amide bonds. The van der Waals surface area contributed by atoms with Crippen LogP contribution >= 0.6 is 0 Å². The van der Waals surface area contributed by atoms with E-state index in [0.717, 1.165) is 12.8 Å². The molecule has 3 aromatic carbocycles. The van der Waals surface area contributed by atoms with Crippen molar-refractivity contribution in [1.82, 2.24) is 5.32 Å². The lowest BCUT2D eigenvalue weighted by atomic mass is 10.1. The van der Waals surface area contributed by atoms with Gasteiger partial charge in [0.15, 0.2) is 0 Å². The van der Waals surface area contributed by atoms with E-state index in [2.05, 4.69) is 16.0 Å². The number of hydrogen-bond donors (Lipinski definition) is 3. The van der Waals surface area contributed by atoms with Crippen molar-refractivity contribution in [2.75, 3.05) is 10.6 Å². The van der Waals surface area contributed by atoms with Crippen molar-refractivity contribution >= 4 is 34.6 Å². The van der Waals surface area contributed by atoms with Gasteiger partial charge in [-0.3, -0.25) is 19.7 Å². The molecule has 0 radical (unpaired) electrons. The molecule has 4 rings (SSSR count). The summed E-state index contributed by atoms with van der Waals surface area (Å²) < 4.78 is 0. The molecule has 0 aliphatic heterocycles. The molecule has 0 unspecified atom stereocenters. The van der Waals surface area contributed by atoms with E-state index in [4.69, 9.17) is 0 Å². The maximum absolute atomic E-state index is 12.6. The summed E-state index contributed by atoms with van der Waals surface area (Å²) in [6.07, 6.45) is 2.01. The second kappa shape index (κ2) is 8.66. The highest BCUT2D eigenvalue weighted by Gasteiger charge is 2.23.